The normalized spacial score (nSPS) is 10.3. The molecule has 0 spiro atoms. The lowest BCUT2D eigenvalue weighted by molar-refractivity contribution is 0.268. The van der Waals surface area contributed by atoms with Gasteiger partial charge in [-0.05, 0) is 42.3 Å². The van der Waals surface area contributed by atoms with Gasteiger partial charge >= 0.3 is 0 Å². The molecule has 33 heavy (non-hydrogen) atoms. The van der Waals surface area contributed by atoms with Crippen LogP contribution >= 0.6 is 0 Å². The molecule has 0 saturated carbocycles. The average molecular weight is 436 g/mol. The van der Waals surface area contributed by atoms with Gasteiger partial charge in [0, 0.05) is 22.8 Å². The van der Waals surface area contributed by atoms with E-state index in [4.69, 9.17) is 20.6 Å². The summed E-state index contributed by atoms with van der Waals surface area (Å²) >= 11 is 0. The molecule has 0 bridgehead atoms. The van der Waals surface area contributed by atoms with Crippen LogP contribution in [0.2, 0.25) is 0 Å². The van der Waals surface area contributed by atoms with Crippen LogP contribution in [0.3, 0.4) is 0 Å². The Balaban J connectivity index is 1.68. The standard InChI is InChI=1S/C29H25NO3/c1-3-22-15-17-27(31-4-2)26(19-22)25-16-18-28(32-20-23-11-7-5-8-12-23)30-29(25)33-21-24-13-9-6-10-14-24/h1,5-19H,4,20-21H2,2H3. The minimum absolute atomic E-state index is 0.377. The number of terminal acetylenes is 1. The molecule has 0 radical (unpaired) electrons. The van der Waals surface area contributed by atoms with E-state index >= 15 is 0 Å². The number of nitrogens with zero attached hydrogens (tertiary/aromatic N) is 1. The Labute approximate surface area is 194 Å². The first kappa shape index (κ1) is 22.0. The maximum atomic E-state index is 6.18. The molecule has 1 heterocycles. The maximum Gasteiger partial charge on any atom is 0.225 e. The molecule has 4 rings (SSSR count). The van der Waals surface area contributed by atoms with Crippen molar-refractivity contribution in [2.75, 3.05) is 6.61 Å². The van der Waals surface area contributed by atoms with Crippen molar-refractivity contribution >= 4 is 0 Å². The zero-order valence-corrected chi connectivity index (χ0v) is 18.5. The topological polar surface area (TPSA) is 40.6 Å². The van der Waals surface area contributed by atoms with Crippen LogP contribution in [0.4, 0.5) is 0 Å². The monoisotopic (exact) mass is 435 g/mol. The number of hydrogen-bond donors (Lipinski definition) is 0. The van der Waals surface area contributed by atoms with Gasteiger partial charge in [0.1, 0.15) is 19.0 Å². The third kappa shape index (κ3) is 5.72. The number of hydrogen-bond acceptors (Lipinski definition) is 4. The zero-order chi connectivity index (χ0) is 22.9. The van der Waals surface area contributed by atoms with E-state index in [1.807, 2.05) is 97.9 Å². The summed E-state index contributed by atoms with van der Waals surface area (Å²) in [5, 5.41) is 0. The van der Waals surface area contributed by atoms with E-state index in [0.29, 0.717) is 31.6 Å². The second-order valence-electron chi connectivity index (χ2n) is 7.34. The third-order valence-corrected chi connectivity index (χ3v) is 5.02. The number of ether oxygens (including phenoxy) is 3. The molecule has 0 aliphatic heterocycles. The molecule has 0 N–H and O–H groups in total. The molecule has 0 saturated heterocycles. The molecule has 164 valence electrons. The van der Waals surface area contributed by atoms with Crippen molar-refractivity contribution < 1.29 is 14.2 Å². The van der Waals surface area contributed by atoms with Crippen LogP contribution in [0.1, 0.15) is 23.6 Å². The van der Waals surface area contributed by atoms with Crippen molar-refractivity contribution in [2.45, 2.75) is 20.1 Å². The SMILES string of the molecule is C#Cc1ccc(OCC)c(-c2ccc(OCc3ccccc3)nc2OCc2ccccc2)c1. The minimum atomic E-state index is 0.377. The van der Waals surface area contributed by atoms with Gasteiger partial charge in [-0.3, -0.25) is 0 Å². The lowest BCUT2D eigenvalue weighted by Crippen LogP contribution is -2.03. The molecule has 0 aliphatic carbocycles. The first-order valence-electron chi connectivity index (χ1n) is 10.8. The van der Waals surface area contributed by atoms with E-state index < -0.39 is 0 Å². The molecule has 4 aromatic rings. The fraction of sp³-hybridized carbons (Fsp3) is 0.138. The summed E-state index contributed by atoms with van der Waals surface area (Å²) < 4.78 is 18.0. The minimum Gasteiger partial charge on any atom is -0.493 e. The van der Waals surface area contributed by atoms with Crippen LogP contribution in [0, 0.1) is 12.3 Å². The molecule has 0 aliphatic rings. The van der Waals surface area contributed by atoms with Crippen LogP contribution in [-0.4, -0.2) is 11.6 Å². The van der Waals surface area contributed by atoms with Crippen LogP contribution in [-0.2, 0) is 13.2 Å². The summed E-state index contributed by atoms with van der Waals surface area (Å²) in [6, 6.07) is 29.4. The van der Waals surface area contributed by atoms with E-state index in [1.54, 1.807) is 0 Å². The van der Waals surface area contributed by atoms with E-state index in [9.17, 15) is 0 Å². The highest BCUT2D eigenvalue weighted by atomic mass is 16.5. The molecule has 3 aromatic carbocycles. The van der Waals surface area contributed by atoms with Gasteiger partial charge in [-0.1, -0.05) is 66.6 Å². The predicted octanol–water partition coefficient (Wildman–Crippen LogP) is 6.29. The first-order valence-corrected chi connectivity index (χ1v) is 10.8. The summed E-state index contributed by atoms with van der Waals surface area (Å²) in [5.74, 6) is 4.36. The highest BCUT2D eigenvalue weighted by molar-refractivity contribution is 5.76. The van der Waals surface area contributed by atoms with Gasteiger partial charge in [0.05, 0.1) is 6.61 Å². The largest absolute Gasteiger partial charge is 0.493 e. The Kier molecular flexibility index (Phi) is 7.25. The van der Waals surface area contributed by atoms with Crippen molar-refractivity contribution in [1.82, 2.24) is 4.98 Å². The van der Waals surface area contributed by atoms with Crippen LogP contribution in [0.5, 0.6) is 17.5 Å². The second kappa shape index (κ2) is 10.9. The molecule has 0 amide bonds. The predicted molar refractivity (Wildman–Crippen MR) is 130 cm³/mol. The summed E-state index contributed by atoms with van der Waals surface area (Å²) in [5.41, 5.74) is 4.49. The molecule has 0 unspecified atom stereocenters. The van der Waals surface area contributed by atoms with Crippen molar-refractivity contribution in [3.8, 4) is 41.0 Å². The molecule has 4 heteroatoms. The quantitative estimate of drug-likeness (QED) is 0.290. The molecular formula is C29H25NO3. The van der Waals surface area contributed by atoms with Gasteiger partial charge in [-0.2, -0.15) is 4.98 Å². The van der Waals surface area contributed by atoms with Crippen molar-refractivity contribution in [3.05, 3.63) is 108 Å². The fourth-order valence-corrected chi connectivity index (χ4v) is 3.39. The molecule has 1 aromatic heterocycles. The maximum absolute atomic E-state index is 6.18. The van der Waals surface area contributed by atoms with Crippen molar-refractivity contribution in [2.24, 2.45) is 0 Å². The summed E-state index contributed by atoms with van der Waals surface area (Å²) in [7, 11) is 0. The fourth-order valence-electron chi connectivity index (χ4n) is 3.39. The van der Waals surface area contributed by atoms with Crippen LogP contribution in [0.15, 0.2) is 91.0 Å². The van der Waals surface area contributed by atoms with E-state index in [0.717, 1.165) is 33.6 Å². The Morgan fingerprint density at radius 3 is 2.03 bits per heavy atom. The number of benzene rings is 3. The molecule has 0 atom stereocenters. The smallest absolute Gasteiger partial charge is 0.225 e. The Hall–Kier alpha value is -4.23. The highest BCUT2D eigenvalue weighted by Crippen LogP contribution is 2.37. The number of aromatic nitrogens is 1. The number of pyridine rings is 1. The third-order valence-electron chi connectivity index (χ3n) is 5.02. The summed E-state index contributed by atoms with van der Waals surface area (Å²) in [6.07, 6.45) is 5.65. The number of rotatable bonds is 9. The van der Waals surface area contributed by atoms with Crippen molar-refractivity contribution in [3.63, 3.8) is 0 Å². The lowest BCUT2D eigenvalue weighted by atomic mass is 10.0. The van der Waals surface area contributed by atoms with Gasteiger partial charge in [-0.25, -0.2) is 0 Å². The van der Waals surface area contributed by atoms with Gasteiger partial charge in [0.2, 0.25) is 11.8 Å². The molecule has 4 nitrogen and oxygen atoms in total. The Morgan fingerprint density at radius 2 is 1.39 bits per heavy atom. The molecular weight excluding hydrogens is 410 g/mol. The van der Waals surface area contributed by atoms with Gasteiger partial charge in [0.25, 0.3) is 0 Å². The highest BCUT2D eigenvalue weighted by Gasteiger charge is 2.16. The average Bonchev–Trinajstić information content (AvgIpc) is 2.88. The summed E-state index contributed by atoms with van der Waals surface area (Å²) in [4.78, 5) is 4.68. The second-order valence-corrected chi connectivity index (χ2v) is 7.34. The van der Waals surface area contributed by atoms with Crippen molar-refractivity contribution in [1.29, 1.82) is 0 Å². The molecule has 0 fully saturated rings. The van der Waals surface area contributed by atoms with Gasteiger partial charge in [-0.15, -0.1) is 6.42 Å². The van der Waals surface area contributed by atoms with Crippen LogP contribution in [0.25, 0.3) is 11.1 Å². The van der Waals surface area contributed by atoms with E-state index in [1.165, 1.54) is 0 Å². The first-order chi connectivity index (χ1) is 16.3. The van der Waals surface area contributed by atoms with E-state index in [2.05, 4.69) is 10.9 Å². The van der Waals surface area contributed by atoms with E-state index in [-0.39, 0.29) is 0 Å². The van der Waals surface area contributed by atoms with Crippen LogP contribution < -0.4 is 14.2 Å². The van der Waals surface area contributed by atoms with Gasteiger partial charge in [0.15, 0.2) is 0 Å². The lowest BCUT2D eigenvalue weighted by Gasteiger charge is -2.16. The Morgan fingerprint density at radius 1 is 0.727 bits per heavy atom. The Bertz CT molecular complexity index is 1230. The van der Waals surface area contributed by atoms with Gasteiger partial charge < -0.3 is 14.2 Å². The zero-order valence-electron chi connectivity index (χ0n) is 18.5. The summed E-state index contributed by atoms with van der Waals surface area (Å²) in [6.45, 7) is 3.28.